The Balaban J connectivity index is 2.64. The molecule has 0 aromatic carbocycles. The molecule has 0 atom stereocenters. The van der Waals surface area contributed by atoms with Crippen molar-refractivity contribution in [2.45, 2.75) is 52.9 Å². The van der Waals surface area contributed by atoms with Gasteiger partial charge in [0.2, 0.25) is 0 Å². The predicted molar refractivity (Wildman–Crippen MR) is 61.2 cm³/mol. The van der Waals surface area contributed by atoms with Crippen molar-refractivity contribution in [3.8, 4) is 0 Å². The molecule has 82 valence electrons. The molecule has 0 heterocycles. The van der Waals surface area contributed by atoms with Crippen LogP contribution in [0.2, 0.25) is 0 Å². The lowest BCUT2D eigenvalue weighted by Gasteiger charge is -2.26. The van der Waals surface area contributed by atoms with Gasteiger partial charge in [0, 0.05) is 0 Å². The summed E-state index contributed by atoms with van der Waals surface area (Å²) >= 11 is 0. The van der Waals surface area contributed by atoms with Gasteiger partial charge in [-0.3, -0.25) is 0 Å². The van der Waals surface area contributed by atoms with Crippen LogP contribution in [0.15, 0.2) is 11.6 Å². The third kappa shape index (κ3) is 3.83. The highest BCUT2D eigenvalue weighted by atomic mass is 16.3. The third-order valence-electron chi connectivity index (χ3n) is 2.93. The Kier molecular flexibility index (Phi) is 4.18. The van der Waals surface area contributed by atoms with Gasteiger partial charge in [0.25, 0.3) is 0 Å². The lowest BCUT2D eigenvalue weighted by molar-refractivity contribution is 0.288. The van der Waals surface area contributed by atoms with Crippen LogP contribution >= 0.6 is 0 Å². The summed E-state index contributed by atoms with van der Waals surface area (Å²) in [6, 6.07) is 0. The summed E-state index contributed by atoms with van der Waals surface area (Å²) in [4.78, 5) is 0. The molecule has 0 bridgehead atoms. The maximum Gasteiger partial charge on any atom is 0.0644 e. The highest BCUT2D eigenvalue weighted by molar-refractivity contribution is 5.11. The quantitative estimate of drug-likeness (QED) is 0.670. The normalized spacial score (nSPS) is 21.3. The van der Waals surface area contributed by atoms with Gasteiger partial charge in [-0.2, -0.15) is 0 Å². The van der Waals surface area contributed by atoms with Gasteiger partial charge in [-0.1, -0.05) is 46.1 Å². The predicted octanol–water partition coefficient (Wildman–Crippen LogP) is 3.53. The zero-order chi connectivity index (χ0) is 10.6. The van der Waals surface area contributed by atoms with E-state index in [1.807, 2.05) is 0 Å². The van der Waals surface area contributed by atoms with E-state index in [1.165, 1.54) is 37.7 Å². The molecule has 1 aliphatic rings. The molecule has 1 aliphatic carbocycles. The standard InChI is InChI=1S/C13H24O/c1-13(2,3)9-12(10-14)11-7-5-4-6-8-11/h9,11,14H,4-8,10H2,1-3H3. The Morgan fingerprint density at radius 2 is 1.79 bits per heavy atom. The molecule has 1 fully saturated rings. The van der Waals surface area contributed by atoms with Gasteiger partial charge >= 0.3 is 0 Å². The lowest BCUT2D eigenvalue weighted by Crippen LogP contribution is -2.14. The van der Waals surface area contributed by atoms with Crippen molar-refractivity contribution in [3.63, 3.8) is 0 Å². The summed E-state index contributed by atoms with van der Waals surface area (Å²) in [6.07, 6.45) is 8.89. The molecule has 1 nitrogen and oxygen atoms in total. The van der Waals surface area contributed by atoms with Gasteiger partial charge in [-0.25, -0.2) is 0 Å². The molecule has 1 saturated carbocycles. The Labute approximate surface area is 88.2 Å². The SMILES string of the molecule is CC(C)(C)C=C(CO)C1CCCCC1. The highest BCUT2D eigenvalue weighted by Crippen LogP contribution is 2.31. The first-order valence-electron chi connectivity index (χ1n) is 5.85. The summed E-state index contributed by atoms with van der Waals surface area (Å²) in [5.41, 5.74) is 1.48. The number of aliphatic hydroxyl groups is 1. The highest BCUT2D eigenvalue weighted by Gasteiger charge is 2.19. The minimum atomic E-state index is 0.204. The Hall–Kier alpha value is -0.300. The lowest BCUT2D eigenvalue weighted by atomic mass is 9.81. The molecule has 0 aromatic heterocycles. The van der Waals surface area contributed by atoms with Crippen LogP contribution in [0.1, 0.15) is 52.9 Å². The first kappa shape index (κ1) is 11.8. The van der Waals surface area contributed by atoms with E-state index in [1.54, 1.807) is 0 Å². The fourth-order valence-corrected chi connectivity index (χ4v) is 2.32. The summed E-state index contributed by atoms with van der Waals surface area (Å²) in [5, 5.41) is 9.37. The largest absolute Gasteiger partial charge is 0.392 e. The zero-order valence-corrected chi connectivity index (χ0v) is 9.84. The Morgan fingerprint density at radius 3 is 2.21 bits per heavy atom. The summed E-state index contributed by atoms with van der Waals surface area (Å²) in [7, 11) is 0. The van der Waals surface area contributed by atoms with Gasteiger partial charge in [0.05, 0.1) is 6.61 Å². The number of allylic oxidation sites excluding steroid dienone is 1. The van der Waals surface area contributed by atoms with Crippen LogP contribution in [0.4, 0.5) is 0 Å². The van der Waals surface area contributed by atoms with E-state index in [9.17, 15) is 5.11 Å². The van der Waals surface area contributed by atoms with Crippen molar-refractivity contribution in [1.29, 1.82) is 0 Å². The van der Waals surface area contributed by atoms with Crippen LogP contribution in [0.3, 0.4) is 0 Å². The van der Waals surface area contributed by atoms with E-state index in [-0.39, 0.29) is 12.0 Å². The molecule has 1 N–H and O–H groups in total. The second kappa shape index (κ2) is 4.97. The minimum absolute atomic E-state index is 0.204. The van der Waals surface area contributed by atoms with Gasteiger partial charge in [0.15, 0.2) is 0 Å². The van der Waals surface area contributed by atoms with Crippen LogP contribution < -0.4 is 0 Å². The molecule has 0 unspecified atom stereocenters. The van der Waals surface area contributed by atoms with Gasteiger partial charge in [0.1, 0.15) is 0 Å². The fraction of sp³-hybridized carbons (Fsp3) is 0.846. The molecular formula is C13H24O. The van der Waals surface area contributed by atoms with Crippen LogP contribution in [-0.2, 0) is 0 Å². The molecule has 0 aliphatic heterocycles. The second-order valence-corrected chi connectivity index (χ2v) is 5.58. The Morgan fingerprint density at radius 1 is 1.21 bits per heavy atom. The van der Waals surface area contributed by atoms with Crippen molar-refractivity contribution >= 4 is 0 Å². The molecule has 0 radical (unpaired) electrons. The average molecular weight is 196 g/mol. The zero-order valence-electron chi connectivity index (χ0n) is 9.84. The Bertz CT molecular complexity index is 192. The van der Waals surface area contributed by atoms with Crippen LogP contribution in [-0.4, -0.2) is 11.7 Å². The smallest absolute Gasteiger partial charge is 0.0644 e. The van der Waals surface area contributed by atoms with Crippen molar-refractivity contribution in [2.24, 2.45) is 11.3 Å². The van der Waals surface area contributed by atoms with E-state index < -0.39 is 0 Å². The molecule has 0 spiro atoms. The molecule has 1 rings (SSSR count). The van der Waals surface area contributed by atoms with E-state index in [2.05, 4.69) is 26.8 Å². The first-order chi connectivity index (χ1) is 6.53. The van der Waals surface area contributed by atoms with Crippen LogP contribution in [0.5, 0.6) is 0 Å². The molecule has 0 aromatic rings. The van der Waals surface area contributed by atoms with E-state index in [4.69, 9.17) is 0 Å². The molecule has 1 heteroatoms. The third-order valence-corrected chi connectivity index (χ3v) is 2.93. The van der Waals surface area contributed by atoms with Crippen LogP contribution in [0.25, 0.3) is 0 Å². The summed E-state index contributed by atoms with van der Waals surface area (Å²) < 4.78 is 0. The van der Waals surface area contributed by atoms with E-state index in [0.717, 1.165) is 0 Å². The summed E-state index contributed by atoms with van der Waals surface area (Å²) in [5.74, 6) is 0.660. The maximum atomic E-state index is 9.37. The summed E-state index contributed by atoms with van der Waals surface area (Å²) in [6.45, 7) is 6.85. The van der Waals surface area contributed by atoms with Crippen molar-refractivity contribution in [1.82, 2.24) is 0 Å². The maximum absolute atomic E-state index is 9.37. The molecule has 14 heavy (non-hydrogen) atoms. The number of aliphatic hydroxyl groups excluding tert-OH is 1. The fourth-order valence-electron chi connectivity index (χ4n) is 2.32. The molecular weight excluding hydrogens is 172 g/mol. The van der Waals surface area contributed by atoms with Gasteiger partial charge in [-0.05, 0) is 29.7 Å². The van der Waals surface area contributed by atoms with Gasteiger partial charge < -0.3 is 5.11 Å². The van der Waals surface area contributed by atoms with Gasteiger partial charge in [-0.15, -0.1) is 0 Å². The number of rotatable bonds is 2. The van der Waals surface area contributed by atoms with E-state index in [0.29, 0.717) is 5.92 Å². The molecule has 0 saturated heterocycles. The number of hydrogen-bond donors (Lipinski definition) is 1. The first-order valence-corrected chi connectivity index (χ1v) is 5.85. The average Bonchev–Trinajstić information content (AvgIpc) is 2.14. The van der Waals surface area contributed by atoms with Crippen molar-refractivity contribution in [3.05, 3.63) is 11.6 Å². The van der Waals surface area contributed by atoms with E-state index >= 15 is 0 Å². The monoisotopic (exact) mass is 196 g/mol. The second-order valence-electron chi connectivity index (χ2n) is 5.58. The minimum Gasteiger partial charge on any atom is -0.392 e. The molecule has 0 amide bonds. The van der Waals surface area contributed by atoms with Crippen LogP contribution in [0, 0.1) is 11.3 Å². The topological polar surface area (TPSA) is 20.2 Å². The number of hydrogen-bond acceptors (Lipinski definition) is 1. The van der Waals surface area contributed by atoms with Crippen molar-refractivity contribution in [2.75, 3.05) is 6.61 Å². The van der Waals surface area contributed by atoms with Crippen molar-refractivity contribution < 1.29 is 5.11 Å².